The van der Waals surface area contributed by atoms with Gasteiger partial charge >= 0.3 is 6.03 Å². The van der Waals surface area contributed by atoms with Gasteiger partial charge in [0.2, 0.25) is 11.8 Å². The molecule has 2 N–H and O–H groups in total. The molecule has 9 nitrogen and oxygen atoms in total. The predicted octanol–water partition coefficient (Wildman–Crippen LogP) is 2.52. The van der Waals surface area contributed by atoms with E-state index in [1.165, 1.54) is 34.7 Å². The lowest BCUT2D eigenvalue weighted by atomic mass is 10.0. The van der Waals surface area contributed by atoms with Crippen molar-refractivity contribution in [3.05, 3.63) is 54.1 Å². The number of carbonyl (C=O) groups excluding carboxylic acids is 3. The van der Waals surface area contributed by atoms with Crippen molar-refractivity contribution >= 4 is 39.2 Å². The largest absolute Gasteiger partial charge is 0.325 e. The zero-order chi connectivity index (χ0) is 23.5. The molecule has 4 amide bonds. The molecule has 0 saturated carbocycles. The molecule has 170 valence electrons. The number of hydrogen-bond donors (Lipinski definition) is 2. The summed E-state index contributed by atoms with van der Waals surface area (Å²) in [5, 5.41) is 2.65. The standard InChI is InChI=1S/C22H26N4O5S/c1-15(2)17-4-8-19(9-5-17)26-13-12-25(22(26)29)14-21(28)23-18-6-10-20(11-7-18)32(30,31)24-16(3)27/h4-11,15H,12-14H2,1-3H3,(H,23,28)(H,24,27). The number of anilines is 2. The van der Waals surface area contributed by atoms with E-state index in [0.29, 0.717) is 24.7 Å². The van der Waals surface area contributed by atoms with E-state index in [-0.39, 0.29) is 17.5 Å². The Bertz CT molecular complexity index is 1110. The van der Waals surface area contributed by atoms with Crippen molar-refractivity contribution in [2.75, 3.05) is 29.9 Å². The molecule has 1 heterocycles. The molecule has 0 aromatic heterocycles. The Morgan fingerprint density at radius 1 is 1.00 bits per heavy atom. The molecular weight excluding hydrogens is 432 g/mol. The average Bonchev–Trinajstić information content (AvgIpc) is 3.07. The average molecular weight is 459 g/mol. The molecule has 0 unspecified atom stereocenters. The Morgan fingerprint density at radius 3 is 2.19 bits per heavy atom. The molecule has 1 aliphatic heterocycles. The van der Waals surface area contributed by atoms with E-state index in [1.54, 1.807) is 4.90 Å². The lowest BCUT2D eigenvalue weighted by Crippen LogP contribution is -2.37. The van der Waals surface area contributed by atoms with Crippen LogP contribution in [0.15, 0.2) is 53.4 Å². The molecule has 1 fully saturated rings. The van der Waals surface area contributed by atoms with Gasteiger partial charge in [-0.25, -0.2) is 17.9 Å². The monoisotopic (exact) mass is 458 g/mol. The fraction of sp³-hybridized carbons (Fsp3) is 0.318. The van der Waals surface area contributed by atoms with E-state index < -0.39 is 21.8 Å². The maximum Gasteiger partial charge on any atom is 0.325 e. The highest BCUT2D eigenvalue weighted by Gasteiger charge is 2.30. The number of hydrogen-bond acceptors (Lipinski definition) is 5. The molecule has 32 heavy (non-hydrogen) atoms. The first-order valence-corrected chi connectivity index (χ1v) is 11.6. The lowest BCUT2D eigenvalue weighted by Gasteiger charge is -2.19. The van der Waals surface area contributed by atoms with Crippen molar-refractivity contribution in [2.24, 2.45) is 0 Å². The first-order valence-electron chi connectivity index (χ1n) is 10.2. The first kappa shape index (κ1) is 23.3. The van der Waals surface area contributed by atoms with Gasteiger partial charge in [-0.2, -0.15) is 0 Å². The van der Waals surface area contributed by atoms with Crippen molar-refractivity contribution in [1.29, 1.82) is 0 Å². The summed E-state index contributed by atoms with van der Waals surface area (Å²) in [6.45, 7) is 6.10. The van der Waals surface area contributed by atoms with E-state index in [1.807, 2.05) is 29.0 Å². The minimum absolute atomic E-state index is 0.0976. The van der Waals surface area contributed by atoms with E-state index in [0.717, 1.165) is 12.6 Å². The van der Waals surface area contributed by atoms with Crippen molar-refractivity contribution in [1.82, 2.24) is 9.62 Å². The molecule has 2 aromatic carbocycles. The molecule has 0 bridgehead atoms. The third-order valence-corrected chi connectivity index (χ3v) is 6.48. The molecule has 2 aromatic rings. The van der Waals surface area contributed by atoms with E-state index in [9.17, 15) is 22.8 Å². The minimum atomic E-state index is -3.94. The van der Waals surface area contributed by atoms with Gasteiger partial charge in [-0.05, 0) is 47.9 Å². The van der Waals surface area contributed by atoms with Gasteiger partial charge in [0.25, 0.3) is 10.0 Å². The number of amides is 4. The van der Waals surface area contributed by atoms with Crippen LogP contribution in [-0.4, -0.2) is 50.8 Å². The Morgan fingerprint density at radius 2 is 1.62 bits per heavy atom. The third-order valence-electron chi connectivity index (χ3n) is 5.03. The summed E-state index contributed by atoms with van der Waals surface area (Å²) < 4.78 is 25.8. The fourth-order valence-electron chi connectivity index (χ4n) is 3.35. The topological polar surface area (TPSA) is 116 Å². The van der Waals surface area contributed by atoms with Crippen LogP contribution >= 0.6 is 0 Å². The number of carbonyl (C=O) groups is 3. The minimum Gasteiger partial charge on any atom is -0.325 e. The number of sulfonamides is 1. The number of benzene rings is 2. The second-order valence-electron chi connectivity index (χ2n) is 7.84. The number of nitrogens with zero attached hydrogens (tertiary/aromatic N) is 2. The van der Waals surface area contributed by atoms with E-state index in [2.05, 4.69) is 19.2 Å². The number of rotatable bonds is 7. The lowest BCUT2D eigenvalue weighted by molar-refractivity contribution is -0.117. The zero-order valence-corrected chi connectivity index (χ0v) is 19.0. The van der Waals surface area contributed by atoms with Gasteiger partial charge in [-0.3, -0.25) is 14.5 Å². The van der Waals surface area contributed by atoms with Crippen LogP contribution in [0.3, 0.4) is 0 Å². The third kappa shape index (κ3) is 5.44. The van der Waals surface area contributed by atoms with E-state index in [4.69, 9.17) is 0 Å². The molecule has 3 rings (SSSR count). The van der Waals surface area contributed by atoms with E-state index >= 15 is 0 Å². The molecule has 0 aliphatic carbocycles. The summed E-state index contributed by atoms with van der Waals surface area (Å²) in [6, 6.07) is 13.0. The van der Waals surface area contributed by atoms with Gasteiger partial charge in [0.05, 0.1) is 4.90 Å². The molecule has 0 atom stereocenters. The van der Waals surface area contributed by atoms with Gasteiger partial charge < -0.3 is 10.2 Å². The Labute approximate surface area is 187 Å². The van der Waals surface area contributed by atoms with Gasteiger partial charge in [-0.1, -0.05) is 26.0 Å². The summed E-state index contributed by atoms with van der Waals surface area (Å²) in [4.78, 5) is 39.1. The Kier molecular flexibility index (Phi) is 6.83. The molecule has 1 aliphatic rings. The van der Waals surface area contributed by atoms with Crippen molar-refractivity contribution in [3.63, 3.8) is 0 Å². The maximum absolute atomic E-state index is 12.7. The fourth-order valence-corrected chi connectivity index (χ4v) is 4.34. The molecule has 1 saturated heterocycles. The molecular formula is C22H26N4O5S. The number of nitrogens with one attached hydrogen (secondary N) is 2. The summed E-state index contributed by atoms with van der Waals surface area (Å²) in [6.07, 6.45) is 0. The summed E-state index contributed by atoms with van der Waals surface area (Å²) >= 11 is 0. The quantitative estimate of drug-likeness (QED) is 0.661. The SMILES string of the molecule is CC(=O)NS(=O)(=O)c1ccc(NC(=O)CN2CCN(c3ccc(C(C)C)cc3)C2=O)cc1. The highest BCUT2D eigenvalue weighted by atomic mass is 32.2. The normalized spacial score (nSPS) is 14.1. The van der Waals surface area contributed by atoms with Crippen LogP contribution < -0.4 is 14.9 Å². The molecule has 0 spiro atoms. The Hall–Kier alpha value is -3.40. The van der Waals surface area contributed by atoms with Crippen molar-refractivity contribution in [2.45, 2.75) is 31.6 Å². The second-order valence-corrected chi connectivity index (χ2v) is 9.52. The van der Waals surface area contributed by atoms with Crippen LogP contribution in [0.5, 0.6) is 0 Å². The smallest absolute Gasteiger partial charge is 0.325 e. The zero-order valence-electron chi connectivity index (χ0n) is 18.2. The maximum atomic E-state index is 12.7. The Balaban J connectivity index is 1.58. The van der Waals surface area contributed by atoms with Gasteiger partial charge in [0.15, 0.2) is 0 Å². The van der Waals surface area contributed by atoms with Crippen LogP contribution in [0, 0.1) is 0 Å². The molecule has 0 radical (unpaired) electrons. The second kappa shape index (κ2) is 9.39. The summed E-state index contributed by atoms with van der Waals surface area (Å²) in [7, 11) is -3.94. The van der Waals surface area contributed by atoms with Crippen LogP contribution in [-0.2, 0) is 19.6 Å². The first-order chi connectivity index (χ1) is 15.1. The van der Waals surface area contributed by atoms with Crippen LogP contribution in [0.2, 0.25) is 0 Å². The van der Waals surface area contributed by atoms with Crippen LogP contribution in [0.25, 0.3) is 0 Å². The van der Waals surface area contributed by atoms with Crippen LogP contribution in [0.1, 0.15) is 32.3 Å². The van der Waals surface area contributed by atoms with Gasteiger partial charge in [-0.15, -0.1) is 0 Å². The highest BCUT2D eigenvalue weighted by molar-refractivity contribution is 7.90. The van der Waals surface area contributed by atoms with Crippen LogP contribution in [0.4, 0.5) is 16.2 Å². The highest BCUT2D eigenvalue weighted by Crippen LogP contribution is 2.23. The van der Waals surface area contributed by atoms with Crippen molar-refractivity contribution in [3.8, 4) is 0 Å². The summed E-state index contributed by atoms with van der Waals surface area (Å²) in [5.74, 6) is -0.687. The number of urea groups is 1. The van der Waals surface area contributed by atoms with Gasteiger partial charge in [0.1, 0.15) is 6.54 Å². The van der Waals surface area contributed by atoms with Gasteiger partial charge in [0, 0.05) is 31.4 Å². The summed E-state index contributed by atoms with van der Waals surface area (Å²) in [5.41, 5.74) is 2.36. The molecule has 10 heteroatoms. The van der Waals surface area contributed by atoms with Crippen molar-refractivity contribution < 1.29 is 22.8 Å². The predicted molar refractivity (Wildman–Crippen MR) is 121 cm³/mol.